The molecule has 0 radical (unpaired) electrons. The molecule has 4 N–H and O–H groups in total. The lowest BCUT2D eigenvalue weighted by atomic mass is 9.85. The molecule has 2 heterocycles. The van der Waals surface area contributed by atoms with E-state index in [9.17, 15) is 32.7 Å². The highest BCUT2D eigenvalue weighted by molar-refractivity contribution is 7.91. The van der Waals surface area contributed by atoms with Crippen LogP contribution in [0.1, 0.15) is 46.5 Å². The van der Waals surface area contributed by atoms with Crippen molar-refractivity contribution in [2.75, 3.05) is 13.7 Å². The minimum Gasteiger partial charge on any atom is -0.497 e. The summed E-state index contributed by atoms with van der Waals surface area (Å²) in [7, 11) is -2.36. The molecule has 2 aromatic carbocycles. The Hall–Kier alpha value is -5.18. The average molecular weight is 734 g/mol. The van der Waals surface area contributed by atoms with Gasteiger partial charge < -0.3 is 30.1 Å². The first-order chi connectivity index (χ1) is 24.6. The molecule has 52 heavy (non-hydrogen) atoms. The molecule has 2 saturated carbocycles. The Morgan fingerprint density at radius 2 is 1.81 bits per heavy atom. The fourth-order valence-corrected chi connectivity index (χ4v) is 8.03. The number of hydrogen-bond acceptors (Lipinski definition) is 9. The van der Waals surface area contributed by atoms with E-state index in [-0.39, 0.29) is 19.4 Å². The summed E-state index contributed by atoms with van der Waals surface area (Å²) < 4.78 is 39.5. The van der Waals surface area contributed by atoms with E-state index < -0.39 is 74.1 Å². The second kappa shape index (κ2) is 13.7. The third kappa shape index (κ3) is 7.40. The van der Waals surface area contributed by atoms with Crippen LogP contribution in [0.3, 0.4) is 0 Å². The highest BCUT2D eigenvalue weighted by Gasteiger charge is 2.62. The number of fused-ring (bicyclic) bond motifs is 1. The minimum atomic E-state index is -3.92. The second-order valence-electron chi connectivity index (χ2n) is 14.7. The third-order valence-electron chi connectivity index (χ3n) is 9.82. The van der Waals surface area contributed by atoms with Gasteiger partial charge >= 0.3 is 6.09 Å². The molecule has 3 fully saturated rings. The molecule has 2 unspecified atom stereocenters. The van der Waals surface area contributed by atoms with Gasteiger partial charge in [-0.15, -0.1) is 6.58 Å². The molecule has 2 aliphatic carbocycles. The lowest BCUT2D eigenvalue weighted by molar-refractivity contribution is -0.142. The molecule has 0 spiro atoms. The van der Waals surface area contributed by atoms with Crippen molar-refractivity contribution >= 4 is 44.7 Å². The van der Waals surface area contributed by atoms with Gasteiger partial charge in [0.2, 0.25) is 21.8 Å². The first-order valence-corrected chi connectivity index (χ1v) is 18.6. The van der Waals surface area contributed by atoms with E-state index in [1.165, 1.54) is 11.0 Å². The van der Waals surface area contributed by atoms with Crippen LogP contribution in [-0.4, -0.2) is 89.9 Å². The van der Waals surface area contributed by atoms with Crippen LogP contribution in [0.15, 0.2) is 67.3 Å². The SMILES string of the molecule is C=CC1CC1(NC(=O)[C@@H]1C[C@@H](Oc2cc(-c3ccccc3)nc3cc(OC)ccc23)CN1C(=O)[C@H](NC(=O)O)C(C)(C)C)C(=O)NS(=O)(=O)C1CC1. The zero-order valence-electron chi connectivity index (χ0n) is 29.4. The van der Waals surface area contributed by atoms with Crippen LogP contribution in [0.5, 0.6) is 11.5 Å². The van der Waals surface area contributed by atoms with E-state index in [0.29, 0.717) is 40.9 Å². The first-order valence-electron chi connectivity index (χ1n) is 17.1. The second-order valence-corrected chi connectivity index (χ2v) is 16.6. The summed E-state index contributed by atoms with van der Waals surface area (Å²) in [6.07, 6.45) is 0.310. The normalized spacial score (nSPS) is 23.3. The van der Waals surface area contributed by atoms with Crippen molar-refractivity contribution in [2.45, 2.75) is 75.4 Å². The van der Waals surface area contributed by atoms with Gasteiger partial charge in [-0.3, -0.25) is 19.1 Å². The molecule has 4 amide bonds. The van der Waals surface area contributed by atoms with E-state index in [1.807, 2.05) is 30.3 Å². The van der Waals surface area contributed by atoms with Crippen molar-refractivity contribution in [1.82, 2.24) is 25.2 Å². The zero-order chi connectivity index (χ0) is 37.6. The molecule has 14 nitrogen and oxygen atoms in total. The van der Waals surface area contributed by atoms with Crippen LogP contribution in [0, 0.1) is 11.3 Å². The van der Waals surface area contributed by atoms with Crippen LogP contribution in [0.2, 0.25) is 0 Å². The molecule has 3 aliphatic rings. The highest BCUT2D eigenvalue weighted by atomic mass is 32.2. The number of carboxylic acid groups (broad SMARTS) is 1. The van der Waals surface area contributed by atoms with Crippen LogP contribution >= 0.6 is 0 Å². The molecule has 276 valence electrons. The van der Waals surface area contributed by atoms with Gasteiger partial charge in [0.1, 0.15) is 35.2 Å². The first kappa shape index (κ1) is 36.6. The van der Waals surface area contributed by atoms with Crippen molar-refractivity contribution in [1.29, 1.82) is 0 Å². The van der Waals surface area contributed by atoms with Crippen LogP contribution in [0.4, 0.5) is 4.79 Å². The molecule has 15 heteroatoms. The number of hydrogen-bond donors (Lipinski definition) is 4. The van der Waals surface area contributed by atoms with E-state index in [1.54, 1.807) is 52.1 Å². The topological polar surface area (TPSA) is 193 Å². The van der Waals surface area contributed by atoms with Crippen molar-refractivity contribution < 1.29 is 42.2 Å². The molecule has 6 rings (SSSR count). The number of carbonyl (C=O) groups excluding carboxylic acids is 3. The number of carbonyl (C=O) groups is 4. The predicted octanol–water partition coefficient (Wildman–Crippen LogP) is 3.61. The number of pyridine rings is 1. The van der Waals surface area contributed by atoms with E-state index in [2.05, 4.69) is 21.9 Å². The Labute approximate surface area is 302 Å². The molecular formula is C37H43N5O9S. The smallest absolute Gasteiger partial charge is 0.405 e. The summed E-state index contributed by atoms with van der Waals surface area (Å²) in [6, 6.07) is 14.2. The van der Waals surface area contributed by atoms with Gasteiger partial charge in [-0.1, -0.05) is 57.2 Å². The Kier molecular flexibility index (Phi) is 9.68. The summed E-state index contributed by atoms with van der Waals surface area (Å²) in [4.78, 5) is 59.8. The number of benzene rings is 2. The molecule has 3 aromatic rings. The number of amides is 4. The predicted molar refractivity (Wildman–Crippen MR) is 192 cm³/mol. The van der Waals surface area contributed by atoms with Crippen LogP contribution < -0.4 is 24.8 Å². The Bertz CT molecular complexity index is 2030. The van der Waals surface area contributed by atoms with Gasteiger partial charge in [0.05, 0.1) is 30.1 Å². The minimum absolute atomic E-state index is 0.0149. The number of nitrogens with zero attached hydrogens (tertiary/aromatic N) is 2. The molecular weight excluding hydrogens is 691 g/mol. The van der Waals surface area contributed by atoms with Crippen molar-refractivity contribution in [3.63, 3.8) is 0 Å². The Balaban J connectivity index is 1.34. The number of aromatic nitrogens is 1. The summed E-state index contributed by atoms with van der Waals surface area (Å²) in [6.45, 7) is 8.76. The summed E-state index contributed by atoms with van der Waals surface area (Å²) in [5.74, 6) is -1.74. The van der Waals surface area contributed by atoms with Gasteiger partial charge in [0.15, 0.2) is 0 Å². The average Bonchev–Trinajstić information content (AvgIpc) is 4.03. The van der Waals surface area contributed by atoms with Crippen LogP contribution in [0.25, 0.3) is 22.2 Å². The largest absolute Gasteiger partial charge is 0.497 e. The fourth-order valence-electron chi connectivity index (χ4n) is 6.67. The number of nitrogens with one attached hydrogen (secondary N) is 3. The Morgan fingerprint density at radius 1 is 1.10 bits per heavy atom. The molecule has 1 aliphatic heterocycles. The van der Waals surface area contributed by atoms with Gasteiger partial charge in [0.25, 0.3) is 5.91 Å². The molecule has 1 saturated heterocycles. The zero-order valence-corrected chi connectivity index (χ0v) is 30.2. The molecule has 1 aromatic heterocycles. The molecule has 5 atom stereocenters. The van der Waals surface area contributed by atoms with Gasteiger partial charge in [0, 0.05) is 35.4 Å². The standard InChI is InChI=1S/C37H43N5O9S/c1-6-22-19-37(22,34(45)41-52(48,49)25-13-14-25)40-32(43)29-17-24(20-42(29)33(44)31(36(2,3)4)39-35(46)47)51-30-18-27(21-10-8-7-9-11-21)38-28-16-23(50-5)12-15-26(28)30/h6-12,15-16,18,22,24-25,29,31,39H,1,13-14,17,19-20H2,2-5H3,(H,40,43)(H,41,45)(H,46,47)/t22?,24-,29+,31+,37?/m1/s1. The van der Waals surface area contributed by atoms with Crippen molar-refractivity contribution in [3.05, 3.63) is 67.3 Å². The highest BCUT2D eigenvalue weighted by Crippen LogP contribution is 2.46. The summed E-state index contributed by atoms with van der Waals surface area (Å²) >= 11 is 0. The maximum atomic E-state index is 14.2. The number of likely N-dealkylation sites (tertiary alicyclic amines) is 1. The third-order valence-corrected chi connectivity index (χ3v) is 11.6. The van der Waals surface area contributed by atoms with Crippen molar-refractivity contribution in [3.8, 4) is 22.8 Å². The van der Waals surface area contributed by atoms with E-state index >= 15 is 0 Å². The van der Waals surface area contributed by atoms with Crippen molar-refractivity contribution in [2.24, 2.45) is 11.3 Å². The lowest BCUT2D eigenvalue weighted by Crippen LogP contribution is -2.60. The summed E-state index contributed by atoms with van der Waals surface area (Å²) in [5.41, 5.74) is -0.426. The van der Waals surface area contributed by atoms with Gasteiger partial charge in [-0.2, -0.15) is 0 Å². The maximum Gasteiger partial charge on any atom is 0.405 e. The number of ether oxygens (including phenoxy) is 2. The number of rotatable bonds is 12. The number of sulfonamides is 1. The Morgan fingerprint density at radius 3 is 2.40 bits per heavy atom. The summed E-state index contributed by atoms with van der Waals surface area (Å²) in [5, 5.41) is 14.7. The van der Waals surface area contributed by atoms with E-state index in [4.69, 9.17) is 14.5 Å². The lowest BCUT2D eigenvalue weighted by Gasteiger charge is -2.35. The maximum absolute atomic E-state index is 14.2. The molecule has 0 bridgehead atoms. The number of methoxy groups -OCH3 is 1. The fraction of sp³-hybridized carbons (Fsp3) is 0.432. The monoisotopic (exact) mass is 733 g/mol. The van der Waals surface area contributed by atoms with Crippen LogP contribution in [-0.2, 0) is 24.4 Å². The van der Waals surface area contributed by atoms with Gasteiger partial charge in [-0.25, -0.2) is 18.2 Å². The van der Waals surface area contributed by atoms with E-state index in [0.717, 1.165) is 5.56 Å². The quantitative estimate of drug-likeness (QED) is 0.200. The van der Waals surface area contributed by atoms with Gasteiger partial charge in [-0.05, 0) is 36.8 Å².